The van der Waals surface area contributed by atoms with Crippen LogP contribution in [0.3, 0.4) is 0 Å². The van der Waals surface area contributed by atoms with Crippen LogP contribution in [0, 0.1) is 0 Å². The van der Waals surface area contributed by atoms with Crippen molar-refractivity contribution < 1.29 is 42.0 Å². The van der Waals surface area contributed by atoms with E-state index in [0.717, 1.165) is 0 Å². The average molecular weight is 376 g/mol. The predicted molar refractivity (Wildman–Crippen MR) is 69.0 cm³/mol. The highest BCUT2D eigenvalue weighted by molar-refractivity contribution is 5.14. The van der Waals surface area contributed by atoms with Gasteiger partial charge >= 0.3 is 17.8 Å². The minimum absolute atomic E-state index is 0.0844. The lowest BCUT2D eigenvalue weighted by atomic mass is 10.0. The minimum atomic E-state index is -5.93. The van der Waals surface area contributed by atoms with Crippen molar-refractivity contribution in [1.82, 2.24) is 9.55 Å². The molecule has 1 aliphatic rings. The van der Waals surface area contributed by atoms with Crippen LogP contribution in [0.25, 0.3) is 0 Å². The van der Waals surface area contributed by atoms with Gasteiger partial charge in [-0.15, -0.1) is 0 Å². The van der Waals surface area contributed by atoms with Crippen molar-refractivity contribution in [2.24, 2.45) is 0 Å². The predicted octanol–water partition coefficient (Wildman–Crippen LogP) is -1.11. The molecule has 8 nitrogen and oxygen atoms in total. The second kappa shape index (κ2) is 6.48. The summed E-state index contributed by atoms with van der Waals surface area (Å²) in [7, 11) is 0. The van der Waals surface area contributed by atoms with Gasteiger partial charge in [0.15, 0.2) is 0 Å². The van der Waals surface area contributed by atoms with Gasteiger partial charge in [0, 0.05) is 6.20 Å². The van der Waals surface area contributed by atoms with E-state index in [-0.39, 0.29) is 4.57 Å². The molecule has 1 aromatic heterocycles. The fraction of sp³-hybridized carbons (Fsp3) is 0.667. The van der Waals surface area contributed by atoms with E-state index in [1.807, 2.05) is 0 Å². The molecule has 2 rings (SSSR count). The Morgan fingerprint density at radius 3 is 2.24 bits per heavy atom. The summed E-state index contributed by atoms with van der Waals surface area (Å²) in [6, 6.07) is 0. The topological polar surface area (TPSA) is 125 Å². The molecular formula is C12H13F5N2O6. The molecule has 0 spiro atoms. The number of H-pyrrole nitrogens is 1. The summed E-state index contributed by atoms with van der Waals surface area (Å²) in [5.41, 5.74) is -3.38. The zero-order chi connectivity index (χ0) is 19.2. The molecule has 0 aliphatic carbocycles. The number of alkyl halides is 5. The van der Waals surface area contributed by atoms with Crippen LogP contribution >= 0.6 is 0 Å². The van der Waals surface area contributed by atoms with Crippen LogP contribution in [0.15, 0.2) is 15.8 Å². The normalized spacial score (nSPS) is 27.7. The van der Waals surface area contributed by atoms with Crippen molar-refractivity contribution in [3.63, 3.8) is 0 Å². The molecule has 0 unspecified atom stereocenters. The monoisotopic (exact) mass is 376 g/mol. The molecule has 4 atom stereocenters. The van der Waals surface area contributed by atoms with E-state index < -0.39 is 66.5 Å². The quantitative estimate of drug-likeness (QED) is 0.494. The molecule has 13 heteroatoms. The molecule has 2 heterocycles. The summed E-state index contributed by atoms with van der Waals surface area (Å²) < 4.78 is 68.0. The summed E-state index contributed by atoms with van der Waals surface area (Å²) in [6.45, 7) is -2.85. The summed E-state index contributed by atoms with van der Waals surface area (Å²) in [6.07, 6.45) is -11.9. The molecule has 0 amide bonds. The van der Waals surface area contributed by atoms with Crippen molar-refractivity contribution in [3.05, 3.63) is 32.6 Å². The molecule has 1 aromatic rings. The van der Waals surface area contributed by atoms with Gasteiger partial charge in [-0.2, -0.15) is 22.0 Å². The van der Waals surface area contributed by atoms with Gasteiger partial charge in [-0.25, -0.2) is 4.79 Å². The Balaban J connectivity index is 2.43. The van der Waals surface area contributed by atoms with Gasteiger partial charge < -0.3 is 20.1 Å². The zero-order valence-corrected chi connectivity index (χ0v) is 12.2. The maximum atomic E-state index is 13.1. The first-order valence-electron chi connectivity index (χ1n) is 6.79. The van der Waals surface area contributed by atoms with Gasteiger partial charge in [-0.05, 0) is 0 Å². The first-order chi connectivity index (χ1) is 11.4. The maximum Gasteiger partial charge on any atom is 0.455 e. The van der Waals surface area contributed by atoms with Crippen LogP contribution in [0.1, 0.15) is 11.7 Å². The van der Waals surface area contributed by atoms with Crippen LogP contribution in [0.5, 0.6) is 0 Å². The fourth-order valence-corrected chi connectivity index (χ4v) is 2.31. The Kier molecular flexibility index (Phi) is 5.05. The number of nitrogens with zero attached hydrogens (tertiary/aromatic N) is 1. The number of aliphatic hydroxyl groups is 3. The van der Waals surface area contributed by atoms with Gasteiger partial charge in [0.05, 0.1) is 12.2 Å². The van der Waals surface area contributed by atoms with Gasteiger partial charge in [0.2, 0.25) is 0 Å². The van der Waals surface area contributed by atoms with Gasteiger partial charge in [0.1, 0.15) is 31.0 Å². The molecule has 0 aromatic carbocycles. The fourth-order valence-electron chi connectivity index (χ4n) is 2.31. The summed E-state index contributed by atoms with van der Waals surface area (Å²) in [4.78, 5) is 24.8. The molecule has 4 N–H and O–H groups in total. The SMILES string of the molecule is O=c1[nH]c(=O)n(CC(F)(F)C(F)(F)F)cc1[C@@H]1O[C@H](CO)[C@@H](O)[C@H]1O. The van der Waals surface area contributed by atoms with Crippen molar-refractivity contribution in [3.8, 4) is 0 Å². The Hall–Kier alpha value is -1.83. The smallest absolute Gasteiger partial charge is 0.394 e. The van der Waals surface area contributed by atoms with Crippen molar-refractivity contribution in [2.75, 3.05) is 6.61 Å². The number of ether oxygens (including phenoxy) is 1. The number of nitrogens with one attached hydrogen (secondary N) is 1. The van der Waals surface area contributed by atoms with Crippen LogP contribution in [0.4, 0.5) is 22.0 Å². The molecule has 1 saturated heterocycles. The molecule has 0 saturated carbocycles. The second-order valence-electron chi connectivity index (χ2n) is 5.43. The van der Waals surface area contributed by atoms with E-state index in [9.17, 15) is 41.8 Å². The average Bonchev–Trinajstić information content (AvgIpc) is 2.76. The highest BCUT2D eigenvalue weighted by Crippen LogP contribution is 2.36. The van der Waals surface area contributed by atoms with E-state index in [4.69, 9.17) is 9.84 Å². The van der Waals surface area contributed by atoms with E-state index in [2.05, 4.69) is 0 Å². The largest absolute Gasteiger partial charge is 0.455 e. The Labute approximate surface area is 135 Å². The van der Waals surface area contributed by atoms with Crippen LogP contribution < -0.4 is 11.2 Å². The minimum Gasteiger partial charge on any atom is -0.394 e. The lowest BCUT2D eigenvalue weighted by molar-refractivity contribution is -0.287. The number of hydrogen-bond donors (Lipinski definition) is 4. The summed E-state index contributed by atoms with van der Waals surface area (Å²) in [5, 5.41) is 28.4. The van der Waals surface area contributed by atoms with Crippen molar-refractivity contribution in [1.29, 1.82) is 0 Å². The number of halogens is 5. The third kappa shape index (κ3) is 3.58. The van der Waals surface area contributed by atoms with Gasteiger partial charge in [0.25, 0.3) is 5.56 Å². The van der Waals surface area contributed by atoms with Crippen LogP contribution in [0.2, 0.25) is 0 Å². The molecule has 1 aliphatic heterocycles. The lowest BCUT2D eigenvalue weighted by Gasteiger charge is -2.21. The Morgan fingerprint density at radius 1 is 1.16 bits per heavy atom. The summed E-state index contributed by atoms with van der Waals surface area (Å²) in [5.74, 6) is -5.26. The maximum absolute atomic E-state index is 13.1. The van der Waals surface area contributed by atoms with E-state index in [1.165, 1.54) is 0 Å². The van der Waals surface area contributed by atoms with E-state index >= 15 is 0 Å². The molecule has 0 bridgehead atoms. The van der Waals surface area contributed by atoms with Gasteiger partial charge in [-0.3, -0.25) is 14.3 Å². The third-order valence-corrected chi connectivity index (χ3v) is 3.67. The zero-order valence-electron chi connectivity index (χ0n) is 12.2. The number of aromatic nitrogens is 2. The number of rotatable bonds is 4. The Morgan fingerprint density at radius 2 is 1.76 bits per heavy atom. The second-order valence-corrected chi connectivity index (χ2v) is 5.43. The van der Waals surface area contributed by atoms with Crippen molar-refractivity contribution >= 4 is 0 Å². The lowest BCUT2D eigenvalue weighted by Crippen LogP contribution is -2.45. The molecular weight excluding hydrogens is 363 g/mol. The molecule has 1 fully saturated rings. The van der Waals surface area contributed by atoms with Crippen LogP contribution in [-0.2, 0) is 11.3 Å². The Bertz CT molecular complexity index is 745. The molecule has 0 radical (unpaired) electrons. The highest BCUT2D eigenvalue weighted by atomic mass is 19.4. The van der Waals surface area contributed by atoms with Gasteiger partial charge in [-0.1, -0.05) is 0 Å². The van der Waals surface area contributed by atoms with Crippen LogP contribution in [-0.4, -0.2) is 61.9 Å². The number of hydrogen-bond acceptors (Lipinski definition) is 6. The van der Waals surface area contributed by atoms with E-state index in [1.54, 1.807) is 4.98 Å². The molecule has 142 valence electrons. The first kappa shape index (κ1) is 19.5. The highest BCUT2D eigenvalue weighted by Gasteiger charge is 2.57. The van der Waals surface area contributed by atoms with E-state index in [0.29, 0.717) is 6.20 Å². The third-order valence-electron chi connectivity index (χ3n) is 3.67. The first-order valence-corrected chi connectivity index (χ1v) is 6.79. The number of aromatic amines is 1. The standard InChI is InChI=1S/C12H13F5N2O6/c13-11(14,12(15,16)17)3-19-1-4(9(23)18-10(19)24)8-7(22)6(21)5(2-20)25-8/h1,5-8,20-22H,2-3H2,(H,18,23,24)/t5-,6-,7-,8+/m1/s1. The van der Waals surface area contributed by atoms with Crippen molar-refractivity contribution in [2.45, 2.75) is 43.1 Å². The molecule has 25 heavy (non-hydrogen) atoms. The summed E-state index contributed by atoms with van der Waals surface area (Å²) >= 11 is 0. The number of aliphatic hydroxyl groups excluding tert-OH is 3.